The first kappa shape index (κ1) is 25.2. The van der Waals surface area contributed by atoms with Gasteiger partial charge >= 0.3 is 0 Å². The number of halogens is 2. The number of aromatic nitrogens is 2. The van der Waals surface area contributed by atoms with Crippen molar-refractivity contribution in [3.05, 3.63) is 101 Å². The Labute approximate surface area is 230 Å². The summed E-state index contributed by atoms with van der Waals surface area (Å²) in [6, 6.07) is 22.1. The second-order valence-corrected chi connectivity index (χ2v) is 9.96. The average Bonchev–Trinajstić information content (AvgIpc) is 3.41. The van der Waals surface area contributed by atoms with E-state index < -0.39 is 0 Å². The first-order valence-electron chi connectivity index (χ1n) is 12.8. The number of anilines is 2. The first-order chi connectivity index (χ1) is 19.0. The summed E-state index contributed by atoms with van der Waals surface area (Å²) in [5, 5.41) is 1.35. The second-order valence-electron chi connectivity index (χ2n) is 9.55. The number of hydrogen-bond donors (Lipinski definition) is 1. The van der Waals surface area contributed by atoms with E-state index in [9.17, 15) is 4.39 Å². The highest BCUT2D eigenvalue weighted by molar-refractivity contribution is 6.32. The van der Waals surface area contributed by atoms with Crippen LogP contribution in [0, 0.1) is 5.82 Å². The fourth-order valence-corrected chi connectivity index (χ4v) is 5.05. The van der Waals surface area contributed by atoms with E-state index in [4.69, 9.17) is 26.5 Å². The van der Waals surface area contributed by atoms with Gasteiger partial charge in [-0.15, -0.1) is 0 Å². The highest BCUT2D eigenvalue weighted by Crippen LogP contribution is 2.31. The van der Waals surface area contributed by atoms with Crippen molar-refractivity contribution in [2.24, 2.45) is 0 Å². The Kier molecular flexibility index (Phi) is 7.04. The highest BCUT2D eigenvalue weighted by Gasteiger charge is 2.20. The minimum absolute atomic E-state index is 0.257. The van der Waals surface area contributed by atoms with Gasteiger partial charge in [0.25, 0.3) is 0 Å². The van der Waals surface area contributed by atoms with Gasteiger partial charge in [-0.3, -0.25) is 4.90 Å². The molecule has 5 aromatic rings. The van der Waals surface area contributed by atoms with Gasteiger partial charge in [0.15, 0.2) is 0 Å². The van der Waals surface area contributed by atoms with Gasteiger partial charge < -0.3 is 19.8 Å². The number of rotatable bonds is 7. The van der Waals surface area contributed by atoms with Crippen LogP contribution < -0.4 is 15.4 Å². The molecule has 3 heterocycles. The zero-order chi connectivity index (χ0) is 26.8. The van der Waals surface area contributed by atoms with Crippen LogP contribution in [0.5, 0.6) is 5.75 Å². The van der Waals surface area contributed by atoms with Gasteiger partial charge in [0.05, 0.1) is 17.1 Å². The lowest BCUT2D eigenvalue weighted by Crippen LogP contribution is -2.45. The molecular weight excluding hydrogens is 517 g/mol. The Morgan fingerprint density at radius 2 is 1.82 bits per heavy atom. The minimum Gasteiger partial charge on any atom is -0.487 e. The van der Waals surface area contributed by atoms with Crippen LogP contribution in [0.2, 0.25) is 5.02 Å². The van der Waals surface area contributed by atoms with Crippen LogP contribution in [0.3, 0.4) is 0 Å². The predicted octanol–water partition coefficient (Wildman–Crippen LogP) is 6.17. The number of nitrogens with zero attached hydrogens (tertiary/aromatic N) is 4. The molecule has 0 saturated carbocycles. The van der Waals surface area contributed by atoms with Crippen LogP contribution in [-0.2, 0) is 13.2 Å². The summed E-state index contributed by atoms with van der Waals surface area (Å²) in [4.78, 5) is 13.0. The standard InChI is InChI=1S/C30H27ClFN5O2/c31-26-16-23(5-8-29(26)38-18-20-2-1-3-22(32)14-20)37-12-10-36(11-13-37)17-24-6-9-28(39-24)21-4-7-27-25(15-21)30(33)35-19-34-27/h1-9,14-16,19H,10-13,17-18H2,(H2,33,34,35). The molecule has 0 bridgehead atoms. The monoisotopic (exact) mass is 543 g/mol. The molecule has 3 aromatic carbocycles. The topological polar surface area (TPSA) is 80.7 Å². The van der Waals surface area contributed by atoms with Crippen molar-refractivity contribution in [1.82, 2.24) is 14.9 Å². The maximum absolute atomic E-state index is 13.4. The number of fused-ring (bicyclic) bond motifs is 1. The molecule has 1 fully saturated rings. The molecule has 39 heavy (non-hydrogen) atoms. The predicted molar refractivity (Wildman–Crippen MR) is 151 cm³/mol. The molecule has 6 rings (SSSR count). The molecule has 9 heteroatoms. The van der Waals surface area contributed by atoms with E-state index in [0.717, 1.165) is 72.0 Å². The van der Waals surface area contributed by atoms with Crippen molar-refractivity contribution in [1.29, 1.82) is 0 Å². The van der Waals surface area contributed by atoms with Crippen molar-refractivity contribution >= 4 is 34.0 Å². The van der Waals surface area contributed by atoms with Gasteiger partial charge in [-0.1, -0.05) is 23.7 Å². The van der Waals surface area contributed by atoms with E-state index in [2.05, 4.69) is 19.8 Å². The molecule has 1 saturated heterocycles. The normalized spacial score (nSPS) is 14.2. The maximum Gasteiger partial charge on any atom is 0.138 e. The average molecular weight is 544 g/mol. The Morgan fingerprint density at radius 3 is 2.64 bits per heavy atom. The van der Waals surface area contributed by atoms with Crippen LogP contribution in [-0.4, -0.2) is 41.0 Å². The lowest BCUT2D eigenvalue weighted by atomic mass is 10.1. The Morgan fingerprint density at radius 1 is 0.949 bits per heavy atom. The second kappa shape index (κ2) is 10.9. The van der Waals surface area contributed by atoms with Crippen molar-refractivity contribution in [2.75, 3.05) is 36.8 Å². The number of hydrogen-bond acceptors (Lipinski definition) is 7. The van der Waals surface area contributed by atoms with Crippen molar-refractivity contribution in [2.45, 2.75) is 13.2 Å². The summed E-state index contributed by atoms with van der Waals surface area (Å²) >= 11 is 6.51. The van der Waals surface area contributed by atoms with E-state index in [1.165, 1.54) is 18.5 Å². The van der Waals surface area contributed by atoms with Gasteiger partial charge in [0, 0.05) is 42.8 Å². The van der Waals surface area contributed by atoms with Gasteiger partial charge in [-0.05, 0) is 66.2 Å². The molecule has 0 atom stereocenters. The molecule has 2 aromatic heterocycles. The molecule has 1 aliphatic heterocycles. The molecular formula is C30H27ClFN5O2. The summed E-state index contributed by atoms with van der Waals surface area (Å²) in [6.45, 7) is 4.53. The molecule has 198 valence electrons. The number of piperazine rings is 1. The summed E-state index contributed by atoms with van der Waals surface area (Å²) in [5.74, 6) is 2.47. The lowest BCUT2D eigenvalue weighted by Gasteiger charge is -2.35. The Bertz CT molecular complexity index is 1620. The van der Waals surface area contributed by atoms with E-state index in [1.54, 1.807) is 6.07 Å². The number of nitrogens with two attached hydrogens (primary N) is 1. The summed E-state index contributed by atoms with van der Waals surface area (Å²) in [6.07, 6.45) is 1.47. The third-order valence-electron chi connectivity index (χ3n) is 6.93. The smallest absolute Gasteiger partial charge is 0.138 e. The molecule has 1 aliphatic rings. The van der Waals surface area contributed by atoms with Crippen molar-refractivity contribution < 1.29 is 13.5 Å². The van der Waals surface area contributed by atoms with E-state index in [-0.39, 0.29) is 12.4 Å². The molecule has 0 aliphatic carbocycles. The highest BCUT2D eigenvalue weighted by atomic mass is 35.5. The third kappa shape index (κ3) is 5.67. The maximum atomic E-state index is 13.4. The minimum atomic E-state index is -0.282. The van der Waals surface area contributed by atoms with Crippen molar-refractivity contribution in [3.63, 3.8) is 0 Å². The van der Waals surface area contributed by atoms with E-state index >= 15 is 0 Å². The van der Waals surface area contributed by atoms with Crippen molar-refractivity contribution in [3.8, 4) is 17.1 Å². The zero-order valence-corrected chi connectivity index (χ0v) is 21.9. The molecule has 0 unspecified atom stereocenters. The summed E-state index contributed by atoms with van der Waals surface area (Å²) in [7, 11) is 0. The zero-order valence-electron chi connectivity index (χ0n) is 21.2. The summed E-state index contributed by atoms with van der Waals surface area (Å²) < 4.78 is 25.4. The quantitative estimate of drug-likeness (QED) is 0.263. The van der Waals surface area contributed by atoms with Crippen LogP contribution in [0.4, 0.5) is 15.9 Å². The molecule has 0 radical (unpaired) electrons. The first-order valence-corrected chi connectivity index (χ1v) is 13.1. The van der Waals surface area contributed by atoms with Crippen LogP contribution in [0.15, 0.2) is 83.5 Å². The largest absolute Gasteiger partial charge is 0.487 e. The molecule has 7 nitrogen and oxygen atoms in total. The number of benzene rings is 3. The molecule has 0 amide bonds. The SMILES string of the molecule is Nc1ncnc2ccc(-c3ccc(CN4CCN(c5ccc(OCc6cccc(F)c6)c(Cl)c5)CC4)o3)cc12. The van der Waals surface area contributed by atoms with E-state index in [1.807, 2.05) is 54.6 Å². The van der Waals surface area contributed by atoms with Gasteiger partial charge in [-0.2, -0.15) is 0 Å². The number of furan rings is 1. The van der Waals surface area contributed by atoms with Crippen LogP contribution in [0.1, 0.15) is 11.3 Å². The number of nitrogen functional groups attached to an aromatic ring is 1. The van der Waals surface area contributed by atoms with Crippen LogP contribution >= 0.6 is 11.6 Å². The third-order valence-corrected chi connectivity index (χ3v) is 7.22. The van der Waals surface area contributed by atoms with Gasteiger partial charge in [0.1, 0.15) is 41.8 Å². The fraction of sp³-hybridized carbons (Fsp3) is 0.200. The van der Waals surface area contributed by atoms with Crippen LogP contribution in [0.25, 0.3) is 22.2 Å². The van der Waals surface area contributed by atoms with E-state index in [0.29, 0.717) is 16.6 Å². The lowest BCUT2D eigenvalue weighted by molar-refractivity contribution is 0.231. The summed E-state index contributed by atoms with van der Waals surface area (Å²) in [5.41, 5.74) is 9.59. The fourth-order valence-electron chi connectivity index (χ4n) is 4.82. The Hall–Kier alpha value is -4.14. The molecule has 2 N–H and O–H groups in total. The van der Waals surface area contributed by atoms with Gasteiger partial charge in [0.2, 0.25) is 0 Å². The molecule has 0 spiro atoms. The van der Waals surface area contributed by atoms with Gasteiger partial charge in [-0.25, -0.2) is 14.4 Å². The Balaban J connectivity index is 1.04. The number of ether oxygens (including phenoxy) is 1.